The van der Waals surface area contributed by atoms with Crippen molar-refractivity contribution in [2.75, 3.05) is 7.11 Å². The van der Waals surface area contributed by atoms with E-state index in [1.807, 2.05) is 0 Å². The maximum atomic E-state index is 13.6. The number of alkyl halides is 3. The zero-order chi connectivity index (χ0) is 22.8. The number of benzene rings is 2. The van der Waals surface area contributed by atoms with E-state index in [-0.39, 0.29) is 23.6 Å². The van der Waals surface area contributed by atoms with Gasteiger partial charge in [-0.2, -0.15) is 17.9 Å². The van der Waals surface area contributed by atoms with Crippen LogP contribution in [0.25, 0.3) is 11.4 Å². The molecule has 2 aromatic carbocycles. The number of nitrogens with two attached hydrogens (primary N) is 1. The maximum absolute atomic E-state index is 13.6. The molecule has 0 unspecified atom stereocenters. The van der Waals surface area contributed by atoms with Gasteiger partial charge in [-0.05, 0) is 48.4 Å². The third-order valence-electron chi connectivity index (χ3n) is 4.50. The lowest BCUT2D eigenvalue weighted by Crippen LogP contribution is -2.25. The molecule has 8 nitrogen and oxygen atoms in total. The molecule has 3 N–H and O–H groups in total. The Morgan fingerprint density at radius 1 is 1.10 bits per heavy atom. The summed E-state index contributed by atoms with van der Waals surface area (Å²) in [6.45, 7) is 0. The number of hydrogen-bond acceptors (Lipinski definition) is 5. The number of halogens is 3. The fourth-order valence-electron chi connectivity index (χ4n) is 2.89. The Hall–Kier alpha value is -3.89. The Labute approximate surface area is 174 Å². The molecule has 0 aliphatic rings. The summed E-state index contributed by atoms with van der Waals surface area (Å²) in [5, 5.41) is 10.9. The van der Waals surface area contributed by atoms with Crippen molar-refractivity contribution in [3.05, 3.63) is 76.0 Å². The van der Waals surface area contributed by atoms with Crippen LogP contribution in [-0.4, -0.2) is 33.3 Å². The molecule has 0 amide bonds. The first-order valence-corrected chi connectivity index (χ1v) is 9.02. The number of aromatic nitrogens is 3. The standard InChI is InChI=1S/C20H18F3N5O3/c1-31-16(29)11-4-12-2-7-14(8-3-12)27-18(20(21,22)23)26-28(19(27)30)15-9-5-13(6-10-15)17(24)25/h2-3,5-10H,4,11H2,1H3,(H3,24,25). The summed E-state index contributed by atoms with van der Waals surface area (Å²) in [5.74, 6) is -2.00. The Morgan fingerprint density at radius 3 is 2.19 bits per heavy atom. The summed E-state index contributed by atoms with van der Waals surface area (Å²) in [6, 6.07) is 11.3. The van der Waals surface area contributed by atoms with E-state index in [1.165, 1.54) is 55.6 Å². The van der Waals surface area contributed by atoms with Gasteiger partial charge in [0.05, 0.1) is 18.5 Å². The monoisotopic (exact) mass is 433 g/mol. The van der Waals surface area contributed by atoms with Crippen molar-refractivity contribution in [1.82, 2.24) is 14.3 Å². The fraction of sp³-hybridized carbons (Fsp3) is 0.200. The van der Waals surface area contributed by atoms with Crippen LogP contribution in [0.2, 0.25) is 0 Å². The third kappa shape index (κ3) is 4.65. The number of ether oxygens (including phenoxy) is 1. The highest BCUT2D eigenvalue weighted by Gasteiger charge is 2.39. The average molecular weight is 433 g/mol. The minimum Gasteiger partial charge on any atom is -0.469 e. The van der Waals surface area contributed by atoms with Crippen molar-refractivity contribution >= 4 is 11.8 Å². The Bertz CT molecular complexity index is 1160. The average Bonchev–Trinajstić information content (AvgIpc) is 3.10. The molecule has 31 heavy (non-hydrogen) atoms. The highest BCUT2D eigenvalue weighted by molar-refractivity contribution is 5.95. The molecule has 0 bridgehead atoms. The summed E-state index contributed by atoms with van der Waals surface area (Å²) < 4.78 is 46.5. The molecular weight excluding hydrogens is 415 g/mol. The van der Waals surface area contributed by atoms with E-state index < -0.39 is 23.7 Å². The molecule has 0 aliphatic heterocycles. The van der Waals surface area contributed by atoms with Gasteiger partial charge in [-0.1, -0.05) is 12.1 Å². The number of carbonyl (C=O) groups excluding carboxylic acids is 1. The third-order valence-corrected chi connectivity index (χ3v) is 4.50. The Morgan fingerprint density at radius 2 is 1.68 bits per heavy atom. The zero-order valence-electron chi connectivity index (χ0n) is 16.3. The fourth-order valence-corrected chi connectivity index (χ4v) is 2.89. The molecule has 3 aromatic rings. The first-order valence-electron chi connectivity index (χ1n) is 9.02. The molecule has 1 heterocycles. The number of amidine groups is 1. The molecule has 0 saturated carbocycles. The second kappa shape index (κ2) is 8.46. The second-order valence-corrected chi connectivity index (χ2v) is 6.55. The van der Waals surface area contributed by atoms with Crippen molar-refractivity contribution in [2.45, 2.75) is 19.0 Å². The Balaban J connectivity index is 2.03. The molecule has 0 atom stereocenters. The van der Waals surface area contributed by atoms with Gasteiger partial charge in [-0.15, -0.1) is 5.10 Å². The number of hydrogen-bond donors (Lipinski definition) is 2. The van der Waals surface area contributed by atoms with Crippen molar-refractivity contribution in [3.63, 3.8) is 0 Å². The molecule has 0 aliphatic carbocycles. The summed E-state index contributed by atoms with van der Waals surface area (Å²) >= 11 is 0. The predicted octanol–water partition coefficient (Wildman–Crippen LogP) is 2.43. The van der Waals surface area contributed by atoms with Crippen LogP contribution < -0.4 is 11.4 Å². The number of aryl methyl sites for hydroxylation is 1. The number of nitrogens with zero attached hydrogens (tertiary/aromatic N) is 3. The number of nitrogens with one attached hydrogen (secondary N) is 1. The lowest BCUT2D eigenvalue weighted by Gasteiger charge is -2.09. The number of rotatable bonds is 6. The molecule has 1 aromatic heterocycles. The van der Waals surface area contributed by atoms with Crippen LogP contribution in [0.15, 0.2) is 53.3 Å². The molecule has 3 rings (SSSR count). The lowest BCUT2D eigenvalue weighted by atomic mass is 10.1. The number of nitrogen functional groups attached to an aromatic ring is 1. The summed E-state index contributed by atoms with van der Waals surface area (Å²) in [6.07, 6.45) is -4.42. The zero-order valence-corrected chi connectivity index (χ0v) is 16.3. The minimum absolute atomic E-state index is 0.0225. The van der Waals surface area contributed by atoms with E-state index in [4.69, 9.17) is 11.1 Å². The molecule has 0 spiro atoms. The van der Waals surface area contributed by atoms with Crippen LogP contribution in [-0.2, 0) is 22.1 Å². The van der Waals surface area contributed by atoms with E-state index in [0.717, 1.165) is 0 Å². The summed E-state index contributed by atoms with van der Waals surface area (Å²) in [7, 11) is 1.27. The van der Waals surface area contributed by atoms with Gasteiger partial charge >= 0.3 is 17.8 Å². The van der Waals surface area contributed by atoms with Crippen LogP contribution in [0.3, 0.4) is 0 Å². The smallest absolute Gasteiger partial charge is 0.452 e. The SMILES string of the molecule is COC(=O)CCc1ccc(-n2c(C(F)(F)F)nn(-c3ccc(C(=N)N)cc3)c2=O)cc1. The van der Waals surface area contributed by atoms with Gasteiger partial charge in [0.2, 0.25) is 5.82 Å². The van der Waals surface area contributed by atoms with Crippen molar-refractivity contribution in [3.8, 4) is 11.4 Å². The number of carbonyl (C=O) groups is 1. The predicted molar refractivity (Wildman–Crippen MR) is 106 cm³/mol. The second-order valence-electron chi connectivity index (χ2n) is 6.55. The van der Waals surface area contributed by atoms with Crippen molar-refractivity contribution in [1.29, 1.82) is 5.41 Å². The molecule has 11 heteroatoms. The maximum Gasteiger partial charge on any atom is 0.452 e. The van der Waals surface area contributed by atoms with Crippen LogP contribution in [0, 0.1) is 5.41 Å². The highest BCUT2D eigenvalue weighted by atomic mass is 19.4. The van der Waals surface area contributed by atoms with Gasteiger partial charge in [0.1, 0.15) is 5.84 Å². The normalized spacial score (nSPS) is 11.4. The van der Waals surface area contributed by atoms with E-state index in [9.17, 15) is 22.8 Å². The van der Waals surface area contributed by atoms with E-state index in [1.54, 1.807) is 0 Å². The van der Waals surface area contributed by atoms with Crippen LogP contribution in [0.5, 0.6) is 0 Å². The topological polar surface area (TPSA) is 116 Å². The molecule has 0 saturated heterocycles. The highest BCUT2D eigenvalue weighted by Crippen LogP contribution is 2.29. The summed E-state index contributed by atoms with van der Waals surface area (Å²) in [5.41, 5.74) is 5.49. The minimum atomic E-state index is -4.88. The molecule has 0 fully saturated rings. The van der Waals surface area contributed by atoms with Crippen LogP contribution in [0.4, 0.5) is 13.2 Å². The molecule has 162 valence electrons. The van der Waals surface area contributed by atoms with E-state index >= 15 is 0 Å². The van der Waals surface area contributed by atoms with E-state index in [0.29, 0.717) is 26.8 Å². The van der Waals surface area contributed by atoms with Crippen LogP contribution >= 0.6 is 0 Å². The van der Waals surface area contributed by atoms with Gasteiger partial charge < -0.3 is 10.5 Å². The lowest BCUT2D eigenvalue weighted by molar-refractivity contribution is -0.146. The molecule has 0 radical (unpaired) electrons. The van der Waals surface area contributed by atoms with Crippen molar-refractivity contribution < 1.29 is 22.7 Å². The summed E-state index contributed by atoms with van der Waals surface area (Å²) in [4.78, 5) is 24.1. The van der Waals surface area contributed by atoms with Gasteiger partial charge in [0, 0.05) is 12.0 Å². The van der Waals surface area contributed by atoms with Gasteiger partial charge in [0.25, 0.3) is 0 Å². The van der Waals surface area contributed by atoms with Gasteiger partial charge in [-0.25, -0.2) is 9.36 Å². The Kier molecular flexibility index (Phi) is 5.95. The van der Waals surface area contributed by atoms with Gasteiger partial charge in [-0.3, -0.25) is 10.2 Å². The van der Waals surface area contributed by atoms with Gasteiger partial charge in [0.15, 0.2) is 0 Å². The molecular formula is C20H18F3N5O3. The van der Waals surface area contributed by atoms with Crippen LogP contribution in [0.1, 0.15) is 23.4 Å². The van der Waals surface area contributed by atoms with Crippen molar-refractivity contribution in [2.24, 2.45) is 5.73 Å². The van der Waals surface area contributed by atoms with E-state index in [2.05, 4.69) is 9.84 Å². The largest absolute Gasteiger partial charge is 0.469 e. The first kappa shape index (κ1) is 21.8. The number of methoxy groups -OCH3 is 1. The number of esters is 1. The quantitative estimate of drug-likeness (QED) is 0.352. The first-order chi connectivity index (χ1) is 14.6.